The Morgan fingerprint density at radius 3 is 2.27 bits per heavy atom. The predicted octanol–water partition coefficient (Wildman–Crippen LogP) is -0.942. The first-order valence-electron chi connectivity index (χ1n) is 9.20. The van der Waals surface area contributed by atoms with Gasteiger partial charge in [0.25, 0.3) is 5.56 Å². The Morgan fingerprint density at radius 2 is 1.73 bits per heavy atom. The second-order valence-corrected chi connectivity index (χ2v) is 11.2. The SMILES string of the molecule is CCCCC(OP(=O)(O)OP(=O)(O)OP(=O)(O)O)[C@H]1O[C@@H](n2ccc(=O)[nH]c2=O)[C@H](O)[C@@H]1O. The lowest BCUT2D eigenvalue weighted by atomic mass is 10.0. The highest BCUT2D eigenvalue weighted by molar-refractivity contribution is 7.66. The van der Waals surface area contributed by atoms with Gasteiger partial charge in [0.1, 0.15) is 18.3 Å². The van der Waals surface area contributed by atoms with Crippen molar-refractivity contribution >= 4 is 23.5 Å². The Labute approximate surface area is 185 Å². The number of aromatic nitrogens is 2. The summed E-state index contributed by atoms with van der Waals surface area (Å²) in [5, 5.41) is 20.7. The first-order chi connectivity index (χ1) is 15.1. The number of rotatable bonds is 11. The van der Waals surface area contributed by atoms with Gasteiger partial charge in [-0.05, 0) is 6.42 Å². The number of nitrogens with zero attached hydrogens (tertiary/aromatic N) is 1. The third-order valence-corrected chi connectivity index (χ3v) is 8.16. The number of aliphatic hydroxyl groups excluding tert-OH is 2. The maximum Gasteiger partial charge on any atom is 0.490 e. The minimum Gasteiger partial charge on any atom is -0.387 e. The van der Waals surface area contributed by atoms with Crippen LogP contribution in [0.1, 0.15) is 32.4 Å². The molecular formula is C13H23N2O15P3. The summed E-state index contributed by atoms with van der Waals surface area (Å²) in [4.78, 5) is 61.5. The van der Waals surface area contributed by atoms with Gasteiger partial charge in [0.05, 0.1) is 6.10 Å². The molecule has 2 rings (SSSR count). The Balaban J connectivity index is 2.27. The number of unbranched alkanes of at least 4 members (excludes halogenated alkanes) is 1. The number of hydrogen-bond acceptors (Lipinski definition) is 11. The van der Waals surface area contributed by atoms with E-state index in [-0.39, 0.29) is 6.42 Å². The van der Waals surface area contributed by atoms with Gasteiger partial charge in [-0.2, -0.15) is 8.62 Å². The highest BCUT2D eigenvalue weighted by Gasteiger charge is 2.50. The van der Waals surface area contributed by atoms with E-state index < -0.39 is 65.4 Å². The fourth-order valence-electron chi connectivity index (χ4n) is 3.00. The van der Waals surface area contributed by atoms with Crippen molar-refractivity contribution in [2.45, 2.75) is 56.8 Å². The summed E-state index contributed by atoms with van der Waals surface area (Å²) in [5.74, 6) is 0. The lowest BCUT2D eigenvalue weighted by Gasteiger charge is -2.27. The van der Waals surface area contributed by atoms with Gasteiger partial charge in [0.15, 0.2) is 6.23 Å². The highest BCUT2D eigenvalue weighted by Crippen LogP contribution is 2.66. The minimum absolute atomic E-state index is 0.124. The van der Waals surface area contributed by atoms with Crippen molar-refractivity contribution in [1.29, 1.82) is 0 Å². The largest absolute Gasteiger partial charge is 0.490 e. The second-order valence-electron chi connectivity index (χ2n) is 6.87. The van der Waals surface area contributed by atoms with Crippen LogP contribution >= 0.6 is 23.5 Å². The standard InChI is InChI=1S/C13H23N2O15P3/c1-2-3-4-7(28-32(23,24)30-33(25,26)29-31(20,21)22)11-9(17)10(18)12(27-11)15-6-5-8(16)14-13(15)19/h5-7,9-12,17-18H,2-4H2,1H3,(H,23,24)(H,25,26)(H,14,16,19)(H2,20,21,22)/t7?,9-,10+,11+,12+/m0/s1. The lowest BCUT2D eigenvalue weighted by molar-refractivity contribution is -0.0855. The summed E-state index contributed by atoms with van der Waals surface area (Å²) < 4.78 is 52.9. The molecule has 17 nitrogen and oxygen atoms in total. The predicted molar refractivity (Wildman–Crippen MR) is 106 cm³/mol. The molecule has 1 aliphatic rings. The maximum atomic E-state index is 12.2. The van der Waals surface area contributed by atoms with Gasteiger partial charge in [0, 0.05) is 12.3 Å². The topological polar surface area (TPSA) is 264 Å². The smallest absolute Gasteiger partial charge is 0.387 e. The Hall–Kier alpha value is -1.03. The van der Waals surface area contributed by atoms with Crippen LogP contribution in [0.2, 0.25) is 0 Å². The summed E-state index contributed by atoms with van der Waals surface area (Å²) in [6.45, 7) is 1.73. The van der Waals surface area contributed by atoms with Crippen LogP contribution in [0.3, 0.4) is 0 Å². The Bertz CT molecular complexity index is 1080. The van der Waals surface area contributed by atoms with Crippen molar-refractivity contribution in [3.63, 3.8) is 0 Å². The molecule has 20 heteroatoms. The van der Waals surface area contributed by atoms with Crippen molar-refractivity contribution in [2.24, 2.45) is 0 Å². The van der Waals surface area contributed by atoms with E-state index in [4.69, 9.17) is 19.0 Å². The molecule has 0 aromatic carbocycles. The van der Waals surface area contributed by atoms with Gasteiger partial charge >= 0.3 is 29.2 Å². The molecule has 2 heterocycles. The van der Waals surface area contributed by atoms with E-state index >= 15 is 0 Å². The Morgan fingerprint density at radius 1 is 1.09 bits per heavy atom. The van der Waals surface area contributed by atoms with E-state index in [0.717, 1.165) is 16.8 Å². The number of phosphoric ester groups is 1. The molecule has 1 aliphatic heterocycles. The Kier molecular flexibility index (Phi) is 9.15. The molecule has 7 N–H and O–H groups in total. The molecular weight excluding hydrogens is 517 g/mol. The van der Waals surface area contributed by atoms with Crippen LogP contribution in [0, 0.1) is 0 Å². The number of H-pyrrole nitrogens is 1. The van der Waals surface area contributed by atoms with Crippen molar-refractivity contribution in [3.05, 3.63) is 33.1 Å². The number of nitrogens with one attached hydrogen (secondary N) is 1. The fraction of sp³-hybridized carbons (Fsp3) is 0.692. The number of hydrogen-bond donors (Lipinski definition) is 7. The molecule has 0 bridgehead atoms. The summed E-state index contributed by atoms with van der Waals surface area (Å²) in [5.41, 5.74) is -1.73. The van der Waals surface area contributed by atoms with Crippen LogP contribution in [-0.2, 0) is 31.6 Å². The minimum atomic E-state index is -5.78. The summed E-state index contributed by atoms with van der Waals surface area (Å²) >= 11 is 0. The molecule has 190 valence electrons. The van der Waals surface area contributed by atoms with E-state index in [0.29, 0.717) is 12.8 Å². The van der Waals surface area contributed by atoms with E-state index in [1.807, 2.05) is 4.98 Å². The summed E-state index contributed by atoms with van der Waals surface area (Å²) in [7, 11) is -16.9. The molecule has 0 radical (unpaired) electrons. The molecule has 0 saturated carbocycles. The molecule has 33 heavy (non-hydrogen) atoms. The zero-order valence-corrected chi connectivity index (χ0v) is 19.5. The quantitative estimate of drug-likeness (QED) is 0.167. The van der Waals surface area contributed by atoms with Gasteiger partial charge in [-0.15, -0.1) is 0 Å². The molecule has 1 aromatic rings. The van der Waals surface area contributed by atoms with E-state index in [1.165, 1.54) is 0 Å². The zero-order chi connectivity index (χ0) is 25.2. The number of aromatic amines is 1. The lowest BCUT2D eigenvalue weighted by Crippen LogP contribution is -2.40. The summed E-state index contributed by atoms with van der Waals surface area (Å²) in [6.07, 6.45) is -6.63. The third kappa shape index (κ3) is 8.01. The maximum absolute atomic E-state index is 12.2. The fourth-order valence-corrected chi connectivity index (χ4v) is 6.23. The van der Waals surface area contributed by atoms with Crippen molar-refractivity contribution < 1.29 is 61.4 Å². The second kappa shape index (κ2) is 10.7. The average Bonchev–Trinajstić information content (AvgIpc) is 2.91. The number of ether oxygens (including phenoxy) is 1. The van der Waals surface area contributed by atoms with Crippen LogP contribution in [0.4, 0.5) is 0 Å². The van der Waals surface area contributed by atoms with Crippen LogP contribution in [0.15, 0.2) is 21.9 Å². The van der Waals surface area contributed by atoms with Crippen molar-refractivity contribution in [2.75, 3.05) is 0 Å². The average molecular weight is 540 g/mol. The highest BCUT2D eigenvalue weighted by atomic mass is 31.3. The van der Waals surface area contributed by atoms with Crippen molar-refractivity contribution in [3.8, 4) is 0 Å². The molecule has 0 spiro atoms. The van der Waals surface area contributed by atoms with Crippen molar-refractivity contribution in [1.82, 2.24) is 9.55 Å². The van der Waals surface area contributed by atoms with E-state index in [9.17, 15) is 43.3 Å². The molecule has 0 aliphatic carbocycles. The van der Waals surface area contributed by atoms with Crippen LogP contribution in [-0.4, -0.2) is 63.8 Å². The van der Waals surface area contributed by atoms with Gasteiger partial charge in [-0.25, -0.2) is 18.5 Å². The van der Waals surface area contributed by atoms with Crippen LogP contribution in [0.25, 0.3) is 0 Å². The number of phosphoric acid groups is 3. The van der Waals surface area contributed by atoms with Gasteiger partial charge < -0.3 is 34.5 Å². The van der Waals surface area contributed by atoms with Crippen LogP contribution < -0.4 is 11.2 Å². The molecule has 3 unspecified atom stereocenters. The van der Waals surface area contributed by atoms with E-state index in [2.05, 4.69) is 8.62 Å². The van der Waals surface area contributed by atoms with E-state index in [1.54, 1.807) is 6.92 Å². The monoisotopic (exact) mass is 540 g/mol. The molecule has 0 amide bonds. The van der Waals surface area contributed by atoms with Gasteiger partial charge in [0.2, 0.25) is 0 Å². The molecule has 1 aromatic heterocycles. The normalized spacial score (nSPS) is 28.2. The zero-order valence-electron chi connectivity index (χ0n) is 16.8. The van der Waals surface area contributed by atoms with Crippen LogP contribution in [0.5, 0.6) is 0 Å². The molecule has 7 atom stereocenters. The first kappa shape index (κ1) is 28.2. The third-order valence-electron chi connectivity index (χ3n) is 4.29. The summed E-state index contributed by atoms with van der Waals surface area (Å²) in [6, 6.07) is 0.942. The van der Waals surface area contributed by atoms with Gasteiger partial charge in [-0.1, -0.05) is 19.8 Å². The molecule has 1 saturated heterocycles. The first-order valence-corrected chi connectivity index (χ1v) is 13.7. The van der Waals surface area contributed by atoms with Gasteiger partial charge in [-0.3, -0.25) is 18.9 Å². The molecule has 1 fully saturated rings. The number of aliphatic hydroxyl groups is 2.